The molecule has 0 aromatic heterocycles. The van der Waals surface area contributed by atoms with Gasteiger partial charge < -0.3 is 0 Å². The van der Waals surface area contributed by atoms with Crippen LogP contribution >= 0.6 is 15.9 Å². The second-order valence-electron chi connectivity index (χ2n) is 4.16. The molecule has 0 spiro atoms. The minimum absolute atomic E-state index is 0.559. The summed E-state index contributed by atoms with van der Waals surface area (Å²) in [5, 5.41) is 0.825. The van der Waals surface area contributed by atoms with Crippen LogP contribution in [0.3, 0.4) is 0 Å². The van der Waals surface area contributed by atoms with E-state index in [0.29, 0.717) is 12.1 Å². The molecule has 5 heteroatoms. The molecule has 1 aromatic rings. The van der Waals surface area contributed by atoms with Crippen LogP contribution in [0.1, 0.15) is 24.5 Å². The van der Waals surface area contributed by atoms with Gasteiger partial charge in [-0.1, -0.05) is 41.1 Å². The highest BCUT2D eigenvalue weighted by Gasteiger charge is 2.30. The molecule has 1 rings (SSSR count). The second kappa shape index (κ2) is 7.14. The van der Waals surface area contributed by atoms with Crippen molar-refractivity contribution in [2.75, 3.05) is 18.4 Å². The van der Waals surface area contributed by atoms with E-state index < -0.39 is 11.7 Å². The first kappa shape index (κ1) is 15.5. The molecular formula is C13H17BrF3N. The normalized spacial score (nSPS) is 12.1. The van der Waals surface area contributed by atoms with Crippen molar-refractivity contribution in [3.63, 3.8) is 0 Å². The number of benzene rings is 1. The summed E-state index contributed by atoms with van der Waals surface area (Å²) in [6, 6.07) is 5.55. The lowest BCUT2D eigenvalue weighted by Crippen LogP contribution is -2.26. The van der Waals surface area contributed by atoms with Gasteiger partial charge >= 0.3 is 6.18 Å². The van der Waals surface area contributed by atoms with Gasteiger partial charge in [0.1, 0.15) is 0 Å². The van der Waals surface area contributed by atoms with E-state index in [1.807, 2.05) is 0 Å². The Labute approximate surface area is 114 Å². The van der Waals surface area contributed by atoms with Crippen molar-refractivity contribution >= 4 is 15.9 Å². The smallest absolute Gasteiger partial charge is 0.298 e. The Morgan fingerprint density at radius 1 is 1.22 bits per heavy atom. The summed E-state index contributed by atoms with van der Waals surface area (Å²) in [7, 11) is 0. The zero-order chi connectivity index (χ0) is 13.6. The van der Waals surface area contributed by atoms with Gasteiger partial charge in [0.2, 0.25) is 0 Å². The molecule has 0 radical (unpaired) electrons. The van der Waals surface area contributed by atoms with E-state index >= 15 is 0 Å². The molecule has 0 aliphatic carbocycles. The fourth-order valence-electron chi connectivity index (χ4n) is 1.81. The van der Waals surface area contributed by atoms with Gasteiger partial charge in [-0.25, -0.2) is 0 Å². The van der Waals surface area contributed by atoms with Gasteiger partial charge in [-0.2, -0.15) is 13.2 Å². The van der Waals surface area contributed by atoms with Gasteiger partial charge in [0.25, 0.3) is 0 Å². The summed E-state index contributed by atoms with van der Waals surface area (Å²) in [6.45, 7) is 4.35. The van der Waals surface area contributed by atoms with E-state index in [0.717, 1.165) is 30.9 Å². The third-order valence-electron chi connectivity index (χ3n) is 2.60. The molecule has 0 heterocycles. The first-order valence-corrected chi connectivity index (χ1v) is 7.04. The lowest BCUT2D eigenvalue weighted by atomic mass is 10.1. The second-order valence-corrected chi connectivity index (χ2v) is 4.96. The number of halogens is 4. The summed E-state index contributed by atoms with van der Waals surface area (Å²) >= 11 is 3.36. The lowest BCUT2D eigenvalue weighted by Gasteiger charge is -2.21. The molecular weight excluding hydrogens is 307 g/mol. The zero-order valence-corrected chi connectivity index (χ0v) is 11.9. The standard InChI is InChI=1S/C13H17BrF3N/c1-2-7-18(8-6-14)10-11-4-3-5-12(9-11)13(15,16)17/h3-5,9H,2,6-8,10H2,1H3. The van der Waals surface area contributed by atoms with Crippen LogP contribution < -0.4 is 0 Å². The van der Waals surface area contributed by atoms with E-state index in [-0.39, 0.29) is 0 Å². The molecule has 0 N–H and O–H groups in total. The van der Waals surface area contributed by atoms with Crippen molar-refractivity contribution in [1.82, 2.24) is 4.90 Å². The predicted octanol–water partition coefficient (Wildman–Crippen LogP) is 4.31. The van der Waals surface area contributed by atoms with Gasteiger partial charge in [-0.05, 0) is 24.6 Å². The van der Waals surface area contributed by atoms with Gasteiger partial charge in [-0.3, -0.25) is 4.90 Å². The largest absolute Gasteiger partial charge is 0.416 e. The fourth-order valence-corrected chi connectivity index (χ4v) is 2.31. The van der Waals surface area contributed by atoms with Crippen LogP contribution in [0.4, 0.5) is 13.2 Å². The van der Waals surface area contributed by atoms with E-state index in [9.17, 15) is 13.2 Å². The third-order valence-corrected chi connectivity index (χ3v) is 2.96. The van der Waals surface area contributed by atoms with E-state index in [1.165, 1.54) is 12.1 Å². The van der Waals surface area contributed by atoms with Crippen molar-refractivity contribution < 1.29 is 13.2 Å². The summed E-state index contributed by atoms with van der Waals surface area (Å²) in [6.07, 6.45) is -3.27. The average Bonchev–Trinajstić information content (AvgIpc) is 2.29. The van der Waals surface area contributed by atoms with Crippen molar-refractivity contribution in [2.45, 2.75) is 26.1 Å². The molecule has 1 nitrogen and oxygen atoms in total. The van der Waals surface area contributed by atoms with Gasteiger partial charge in [0, 0.05) is 18.4 Å². The van der Waals surface area contributed by atoms with Crippen LogP contribution in [-0.2, 0) is 12.7 Å². The number of rotatable bonds is 6. The van der Waals surface area contributed by atoms with Crippen LogP contribution in [0.2, 0.25) is 0 Å². The number of hydrogen-bond acceptors (Lipinski definition) is 1. The SMILES string of the molecule is CCCN(CCBr)Cc1cccc(C(F)(F)F)c1. The monoisotopic (exact) mass is 323 g/mol. The van der Waals surface area contributed by atoms with Crippen LogP contribution in [0.15, 0.2) is 24.3 Å². The molecule has 0 amide bonds. The van der Waals surface area contributed by atoms with E-state index in [2.05, 4.69) is 27.8 Å². The Morgan fingerprint density at radius 2 is 1.94 bits per heavy atom. The van der Waals surface area contributed by atoms with Crippen LogP contribution in [-0.4, -0.2) is 23.3 Å². The first-order valence-electron chi connectivity index (χ1n) is 5.91. The highest BCUT2D eigenvalue weighted by Crippen LogP contribution is 2.29. The Hall–Kier alpha value is -0.550. The van der Waals surface area contributed by atoms with Gasteiger partial charge in [0.05, 0.1) is 5.56 Å². The quantitative estimate of drug-likeness (QED) is 0.705. The minimum Gasteiger partial charge on any atom is -0.298 e. The number of alkyl halides is 4. The van der Waals surface area contributed by atoms with Crippen molar-refractivity contribution in [3.8, 4) is 0 Å². The molecule has 0 saturated carbocycles. The Morgan fingerprint density at radius 3 is 2.50 bits per heavy atom. The third kappa shape index (κ3) is 4.98. The summed E-state index contributed by atoms with van der Waals surface area (Å²) in [5.74, 6) is 0. The summed E-state index contributed by atoms with van der Waals surface area (Å²) < 4.78 is 37.7. The van der Waals surface area contributed by atoms with E-state index in [1.54, 1.807) is 6.07 Å². The van der Waals surface area contributed by atoms with Crippen LogP contribution in [0.5, 0.6) is 0 Å². The lowest BCUT2D eigenvalue weighted by molar-refractivity contribution is -0.137. The molecule has 0 bridgehead atoms. The topological polar surface area (TPSA) is 3.24 Å². The molecule has 0 fully saturated rings. The number of hydrogen-bond donors (Lipinski definition) is 0. The predicted molar refractivity (Wildman–Crippen MR) is 70.8 cm³/mol. The molecule has 0 aliphatic rings. The maximum absolute atomic E-state index is 12.6. The van der Waals surface area contributed by atoms with Gasteiger partial charge in [-0.15, -0.1) is 0 Å². The first-order chi connectivity index (χ1) is 8.47. The maximum atomic E-state index is 12.6. The molecule has 0 saturated heterocycles. The van der Waals surface area contributed by atoms with Crippen molar-refractivity contribution in [2.24, 2.45) is 0 Å². The Kier molecular flexibility index (Phi) is 6.15. The van der Waals surface area contributed by atoms with Crippen LogP contribution in [0, 0.1) is 0 Å². The molecule has 0 aliphatic heterocycles. The van der Waals surface area contributed by atoms with E-state index in [4.69, 9.17) is 0 Å². The molecule has 1 aromatic carbocycles. The minimum atomic E-state index is -4.26. The van der Waals surface area contributed by atoms with Crippen molar-refractivity contribution in [3.05, 3.63) is 35.4 Å². The average molecular weight is 324 g/mol. The Bertz CT molecular complexity index is 359. The summed E-state index contributed by atoms with van der Waals surface area (Å²) in [4.78, 5) is 2.14. The highest BCUT2D eigenvalue weighted by atomic mass is 79.9. The molecule has 0 atom stereocenters. The molecule has 0 unspecified atom stereocenters. The Balaban J connectivity index is 2.77. The molecule has 18 heavy (non-hydrogen) atoms. The summed E-state index contributed by atoms with van der Waals surface area (Å²) in [5.41, 5.74) is 0.134. The highest BCUT2D eigenvalue weighted by molar-refractivity contribution is 9.09. The fraction of sp³-hybridized carbons (Fsp3) is 0.538. The van der Waals surface area contributed by atoms with Crippen molar-refractivity contribution in [1.29, 1.82) is 0 Å². The molecule has 102 valence electrons. The zero-order valence-electron chi connectivity index (χ0n) is 10.3. The maximum Gasteiger partial charge on any atom is 0.416 e. The van der Waals surface area contributed by atoms with Gasteiger partial charge in [0.15, 0.2) is 0 Å². The number of nitrogens with zero attached hydrogens (tertiary/aromatic N) is 1. The van der Waals surface area contributed by atoms with Crippen LogP contribution in [0.25, 0.3) is 0 Å².